The van der Waals surface area contributed by atoms with Gasteiger partial charge in [-0.1, -0.05) is 57.4 Å². The summed E-state index contributed by atoms with van der Waals surface area (Å²) in [6, 6.07) is 12.0. The van der Waals surface area contributed by atoms with Crippen molar-refractivity contribution in [3.63, 3.8) is 0 Å². The minimum absolute atomic E-state index is 0.222. The van der Waals surface area contributed by atoms with Gasteiger partial charge in [-0.2, -0.15) is 0 Å². The highest BCUT2D eigenvalue weighted by atomic mass is 79.9. The van der Waals surface area contributed by atoms with Crippen LogP contribution in [0.5, 0.6) is 0 Å². The fourth-order valence-corrected chi connectivity index (χ4v) is 2.44. The van der Waals surface area contributed by atoms with Crippen LogP contribution < -0.4 is 0 Å². The Kier molecular flexibility index (Phi) is 5.37. The fraction of sp³-hybridized carbons (Fsp3) is 0.176. The van der Waals surface area contributed by atoms with Gasteiger partial charge in [-0.15, -0.1) is 0 Å². The molecular formula is C17H14BrClO3. The van der Waals surface area contributed by atoms with E-state index in [4.69, 9.17) is 16.3 Å². The smallest absolute Gasteiger partial charge is 0.340 e. The van der Waals surface area contributed by atoms with Crippen LogP contribution >= 0.6 is 27.5 Å². The van der Waals surface area contributed by atoms with Gasteiger partial charge in [-0.3, -0.25) is 4.79 Å². The van der Waals surface area contributed by atoms with Gasteiger partial charge in [-0.05, 0) is 32.0 Å². The first kappa shape index (κ1) is 16.7. The van der Waals surface area contributed by atoms with Crippen molar-refractivity contribution in [3.8, 4) is 0 Å². The van der Waals surface area contributed by atoms with E-state index in [9.17, 15) is 9.59 Å². The van der Waals surface area contributed by atoms with E-state index in [0.29, 0.717) is 10.0 Å². The van der Waals surface area contributed by atoms with E-state index < -0.39 is 12.1 Å². The van der Waals surface area contributed by atoms with E-state index in [0.717, 1.165) is 5.56 Å². The van der Waals surface area contributed by atoms with Crippen LogP contribution in [0.3, 0.4) is 0 Å². The minimum Gasteiger partial charge on any atom is -0.451 e. The molecular weight excluding hydrogens is 368 g/mol. The Morgan fingerprint density at radius 1 is 1.14 bits per heavy atom. The molecule has 2 aromatic carbocycles. The van der Waals surface area contributed by atoms with Crippen LogP contribution in [0, 0.1) is 6.92 Å². The molecule has 2 rings (SSSR count). The summed E-state index contributed by atoms with van der Waals surface area (Å²) >= 11 is 9.25. The summed E-state index contributed by atoms with van der Waals surface area (Å²) in [6.07, 6.45) is -0.884. The second-order valence-electron chi connectivity index (χ2n) is 4.90. The molecule has 0 saturated heterocycles. The number of aryl methyl sites for hydroxylation is 1. The zero-order valence-corrected chi connectivity index (χ0v) is 14.4. The van der Waals surface area contributed by atoms with Crippen molar-refractivity contribution < 1.29 is 14.3 Å². The molecule has 1 atom stereocenters. The Balaban J connectivity index is 2.12. The summed E-state index contributed by atoms with van der Waals surface area (Å²) in [5, 5.41) is 0.281. The number of hydrogen-bond acceptors (Lipinski definition) is 3. The van der Waals surface area contributed by atoms with Gasteiger partial charge in [0.15, 0.2) is 6.10 Å². The Hall–Kier alpha value is -1.65. The molecule has 3 nitrogen and oxygen atoms in total. The molecule has 0 aliphatic rings. The highest BCUT2D eigenvalue weighted by Gasteiger charge is 2.21. The van der Waals surface area contributed by atoms with E-state index in [1.807, 2.05) is 19.1 Å². The van der Waals surface area contributed by atoms with Gasteiger partial charge in [0.2, 0.25) is 5.78 Å². The van der Waals surface area contributed by atoms with Crippen LogP contribution in [-0.2, 0) is 4.74 Å². The Morgan fingerprint density at radius 2 is 1.77 bits per heavy atom. The van der Waals surface area contributed by atoms with Crippen LogP contribution in [0.25, 0.3) is 0 Å². The summed E-state index contributed by atoms with van der Waals surface area (Å²) in [7, 11) is 0. The molecule has 22 heavy (non-hydrogen) atoms. The maximum absolute atomic E-state index is 12.3. The van der Waals surface area contributed by atoms with Gasteiger partial charge >= 0.3 is 5.97 Å². The molecule has 0 aliphatic heterocycles. The van der Waals surface area contributed by atoms with E-state index in [-0.39, 0.29) is 16.4 Å². The first-order valence-corrected chi connectivity index (χ1v) is 7.82. The number of carbonyl (C=O) groups is 2. The SMILES string of the molecule is Cc1ccc(C(=O)[C@@H](C)OC(=O)c2cc(Br)ccc2Cl)cc1. The average Bonchev–Trinajstić information content (AvgIpc) is 2.49. The minimum atomic E-state index is -0.884. The summed E-state index contributed by atoms with van der Waals surface area (Å²) in [4.78, 5) is 24.4. The summed E-state index contributed by atoms with van der Waals surface area (Å²) in [5.41, 5.74) is 1.79. The molecule has 0 spiro atoms. The number of rotatable bonds is 4. The molecule has 114 valence electrons. The van der Waals surface area contributed by atoms with Crippen LogP contribution in [0.4, 0.5) is 0 Å². The van der Waals surface area contributed by atoms with Crippen LogP contribution in [0.2, 0.25) is 5.02 Å². The van der Waals surface area contributed by atoms with Crippen molar-refractivity contribution in [2.24, 2.45) is 0 Å². The number of ether oxygens (including phenoxy) is 1. The predicted molar refractivity (Wildman–Crippen MR) is 89.5 cm³/mol. The summed E-state index contributed by atoms with van der Waals surface area (Å²) in [6.45, 7) is 3.49. The molecule has 0 radical (unpaired) electrons. The van der Waals surface area contributed by atoms with Crippen molar-refractivity contribution in [2.75, 3.05) is 0 Å². The molecule has 0 N–H and O–H groups in total. The molecule has 0 bridgehead atoms. The quantitative estimate of drug-likeness (QED) is 0.562. The van der Waals surface area contributed by atoms with E-state index in [2.05, 4.69) is 15.9 Å². The number of esters is 1. The molecule has 2 aromatic rings. The fourth-order valence-electron chi connectivity index (χ4n) is 1.88. The topological polar surface area (TPSA) is 43.4 Å². The molecule has 0 aliphatic carbocycles. The van der Waals surface area contributed by atoms with E-state index in [1.54, 1.807) is 37.3 Å². The van der Waals surface area contributed by atoms with Gasteiger partial charge < -0.3 is 4.74 Å². The van der Waals surface area contributed by atoms with Crippen LogP contribution in [-0.4, -0.2) is 17.9 Å². The third-order valence-electron chi connectivity index (χ3n) is 3.14. The van der Waals surface area contributed by atoms with Crippen molar-refractivity contribution in [2.45, 2.75) is 20.0 Å². The third kappa shape index (κ3) is 3.96. The molecule has 0 heterocycles. The van der Waals surface area contributed by atoms with Gasteiger partial charge in [0.25, 0.3) is 0 Å². The summed E-state index contributed by atoms with van der Waals surface area (Å²) in [5.74, 6) is -0.876. The van der Waals surface area contributed by atoms with Crippen LogP contribution in [0.1, 0.15) is 33.2 Å². The standard InChI is InChI=1S/C17H14BrClO3/c1-10-3-5-12(6-4-10)16(20)11(2)22-17(21)14-9-13(18)7-8-15(14)19/h3-9,11H,1-2H3/t11-/m1/s1. The Bertz CT molecular complexity index is 710. The zero-order chi connectivity index (χ0) is 16.3. The normalized spacial score (nSPS) is 11.8. The zero-order valence-electron chi connectivity index (χ0n) is 12.1. The monoisotopic (exact) mass is 380 g/mol. The number of ketones is 1. The second kappa shape index (κ2) is 7.07. The molecule has 0 aromatic heterocycles. The molecule has 5 heteroatoms. The lowest BCUT2D eigenvalue weighted by atomic mass is 10.1. The average molecular weight is 382 g/mol. The van der Waals surface area contributed by atoms with E-state index >= 15 is 0 Å². The maximum Gasteiger partial charge on any atom is 0.340 e. The second-order valence-corrected chi connectivity index (χ2v) is 6.22. The number of carbonyl (C=O) groups excluding carboxylic acids is 2. The highest BCUT2D eigenvalue weighted by Crippen LogP contribution is 2.22. The van der Waals surface area contributed by atoms with Crippen LogP contribution in [0.15, 0.2) is 46.9 Å². The lowest BCUT2D eigenvalue weighted by Crippen LogP contribution is -2.24. The summed E-state index contributed by atoms with van der Waals surface area (Å²) < 4.78 is 5.93. The Morgan fingerprint density at radius 3 is 2.41 bits per heavy atom. The number of halogens is 2. The highest BCUT2D eigenvalue weighted by molar-refractivity contribution is 9.10. The third-order valence-corrected chi connectivity index (χ3v) is 3.96. The predicted octanol–water partition coefficient (Wildman–Crippen LogP) is 4.84. The number of hydrogen-bond donors (Lipinski definition) is 0. The molecule has 0 saturated carbocycles. The van der Waals surface area contributed by atoms with Crippen molar-refractivity contribution in [3.05, 3.63) is 68.7 Å². The van der Waals surface area contributed by atoms with E-state index in [1.165, 1.54) is 0 Å². The van der Waals surface area contributed by atoms with Gasteiger partial charge in [-0.25, -0.2) is 4.79 Å². The number of benzene rings is 2. The number of Topliss-reactive ketones (excluding diaryl/α,β-unsaturated/α-hetero) is 1. The lowest BCUT2D eigenvalue weighted by molar-refractivity contribution is 0.0319. The van der Waals surface area contributed by atoms with Crippen molar-refractivity contribution in [1.82, 2.24) is 0 Å². The first-order valence-electron chi connectivity index (χ1n) is 6.65. The Labute approximate surface area is 142 Å². The lowest BCUT2D eigenvalue weighted by Gasteiger charge is -2.13. The molecule has 0 fully saturated rings. The van der Waals surface area contributed by atoms with Gasteiger partial charge in [0.05, 0.1) is 10.6 Å². The maximum atomic E-state index is 12.3. The van der Waals surface area contributed by atoms with Gasteiger partial charge in [0.1, 0.15) is 0 Å². The molecule has 0 unspecified atom stereocenters. The largest absolute Gasteiger partial charge is 0.451 e. The van der Waals surface area contributed by atoms with Crippen molar-refractivity contribution in [1.29, 1.82) is 0 Å². The first-order chi connectivity index (χ1) is 10.4. The van der Waals surface area contributed by atoms with Gasteiger partial charge in [0, 0.05) is 10.0 Å². The van der Waals surface area contributed by atoms with Crippen molar-refractivity contribution >= 4 is 39.3 Å². The molecule has 0 amide bonds.